The Labute approximate surface area is 75.4 Å². The van der Waals surface area contributed by atoms with E-state index in [-0.39, 0.29) is 5.54 Å². The van der Waals surface area contributed by atoms with E-state index in [1.165, 1.54) is 0 Å². The molecule has 0 amide bonds. The van der Waals surface area contributed by atoms with Crippen LogP contribution in [0, 0.1) is 11.3 Å². The fourth-order valence-corrected chi connectivity index (χ4v) is 0.697. The minimum Gasteiger partial charge on any atom is -0.314 e. The molecule has 0 aliphatic carbocycles. The van der Waals surface area contributed by atoms with Gasteiger partial charge in [-0.3, -0.25) is 0 Å². The van der Waals surface area contributed by atoms with Crippen LogP contribution in [0.25, 0.3) is 0 Å². The Morgan fingerprint density at radius 2 is 2.00 bits per heavy atom. The fourth-order valence-electron chi connectivity index (χ4n) is 0.697. The maximum absolute atomic E-state index is 8.30. The molecule has 0 aromatic rings. The zero-order valence-corrected chi connectivity index (χ0v) is 8.52. The van der Waals surface area contributed by atoms with E-state index >= 15 is 0 Å². The molecule has 0 saturated carbocycles. The summed E-state index contributed by atoms with van der Waals surface area (Å²) in [6.45, 7) is 6.05. The van der Waals surface area contributed by atoms with Gasteiger partial charge in [0.15, 0.2) is 0 Å². The third-order valence-corrected chi connectivity index (χ3v) is 2.18. The van der Waals surface area contributed by atoms with Crippen LogP contribution in [0.1, 0.15) is 20.3 Å². The van der Waals surface area contributed by atoms with Crippen molar-refractivity contribution in [3.05, 3.63) is 0 Å². The van der Waals surface area contributed by atoms with E-state index in [0.717, 1.165) is 13.1 Å². The van der Waals surface area contributed by atoms with Crippen LogP contribution in [0.2, 0.25) is 0 Å². The highest BCUT2D eigenvalue weighted by molar-refractivity contribution is 4.80. The van der Waals surface area contributed by atoms with Crippen molar-refractivity contribution < 1.29 is 0 Å². The van der Waals surface area contributed by atoms with Gasteiger partial charge in [-0.25, -0.2) is 0 Å². The average Bonchev–Trinajstić information content (AvgIpc) is 1.98. The molecule has 0 aliphatic rings. The topological polar surface area (TPSA) is 39.1 Å². The summed E-state index contributed by atoms with van der Waals surface area (Å²) in [5.41, 5.74) is 0.162. The molecule has 0 aromatic heterocycles. The van der Waals surface area contributed by atoms with E-state index in [1.54, 1.807) is 0 Å². The van der Waals surface area contributed by atoms with Crippen LogP contribution < -0.4 is 5.32 Å². The Bertz CT molecular complexity index is 156. The SMILES string of the molecule is CN(C)C(C)(C)CNCCC#N. The molecule has 12 heavy (non-hydrogen) atoms. The van der Waals surface area contributed by atoms with Crippen molar-refractivity contribution in [1.29, 1.82) is 5.26 Å². The first-order valence-corrected chi connectivity index (χ1v) is 4.26. The van der Waals surface area contributed by atoms with Gasteiger partial charge in [0.1, 0.15) is 0 Å². The molecular weight excluding hydrogens is 150 g/mol. The predicted molar refractivity (Wildman–Crippen MR) is 50.9 cm³/mol. The highest BCUT2D eigenvalue weighted by Gasteiger charge is 2.18. The number of nitrogens with zero attached hydrogens (tertiary/aromatic N) is 2. The predicted octanol–water partition coefficient (Wildman–Crippen LogP) is 0.830. The first-order valence-electron chi connectivity index (χ1n) is 4.26. The molecule has 0 saturated heterocycles. The van der Waals surface area contributed by atoms with Crippen molar-refractivity contribution in [2.24, 2.45) is 0 Å². The molecule has 0 aromatic carbocycles. The van der Waals surface area contributed by atoms with Crippen molar-refractivity contribution >= 4 is 0 Å². The third-order valence-electron chi connectivity index (χ3n) is 2.18. The first-order chi connectivity index (χ1) is 5.50. The summed E-state index contributed by atoms with van der Waals surface area (Å²) < 4.78 is 0. The van der Waals surface area contributed by atoms with E-state index in [1.807, 2.05) is 0 Å². The van der Waals surface area contributed by atoms with Gasteiger partial charge in [0.05, 0.1) is 6.07 Å². The standard InChI is InChI=1S/C9H19N3/c1-9(2,12(3)4)8-11-7-5-6-10/h11H,5,7-8H2,1-4H3. The molecule has 0 rings (SSSR count). The summed E-state index contributed by atoms with van der Waals surface area (Å²) in [4.78, 5) is 2.17. The largest absolute Gasteiger partial charge is 0.314 e. The van der Waals surface area contributed by atoms with Gasteiger partial charge < -0.3 is 10.2 Å². The molecule has 0 atom stereocenters. The van der Waals surface area contributed by atoms with Crippen molar-refractivity contribution in [3.63, 3.8) is 0 Å². The maximum Gasteiger partial charge on any atom is 0.0635 e. The number of likely N-dealkylation sites (N-methyl/N-ethyl adjacent to an activating group) is 1. The van der Waals surface area contributed by atoms with Crippen molar-refractivity contribution in [3.8, 4) is 6.07 Å². The molecule has 0 heterocycles. The number of rotatable bonds is 5. The van der Waals surface area contributed by atoms with Crippen molar-refractivity contribution in [2.75, 3.05) is 27.2 Å². The summed E-state index contributed by atoms with van der Waals surface area (Å²) in [5, 5.41) is 11.5. The minimum atomic E-state index is 0.162. The van der Waals surface area contributed by atoms with E-state index < -0.39 is 0 Å². The summed E-state index contributed by atoms with van der Waals surface area (Å²) in [5.74, 6) is 0. The lowest BCUT2D eigenvalue weighted by molar-refractivity contribution is 0.191. The molecular formula is C9H19N3. The molecule has 0 aliphatic heterocycles. The average molecular weight is 169 g/mol. The van der Waals surface area contributed by atoms with Crippen molar-refractivity contribution in [2.45, 2.75) is 25.8 Å². The van der Waals surface area contributed by atoms with Gasteiger partial charge in [-0.15, -0.1) is 0 Å². The smallest absolute Gasteiger partial charge is 0.0635 e. The molecule has 0 spiro atoms. The second kappa shape index (κ2) is 5.13. The van der Waals surface area contributed by atoms with Crippen LogP contribution in [0.3, 0.4) is 0 Å². The second-order valence-corrected chi connectivity index (χ2v) is 3.79. The Morgan fingerprint density at radius 3 is 2.42 bits per heavy atom. The van der Waals surface area contributed by atoms with E-state index in [9.17, 15) is 0 Å². The van der Waals surface area contributed by atoms with E-state index in [0.29, 0.717) is 6.42 Å². The molecule has 3 heteroatoms. The number of nitrogens with one attached hydrogen (secondary N) is 1. The van der Waals surface area contributed by atoms with Gasteiger partial charge in [0.2, 0.25) is 0 Å². The van der Waals surface area contributed by atoms with E-state index in [4.69, 9.17) is 5.26 Å². The van der Waals surface area contributed by atoms with Gasteiger partial charge in [0, 0.05) is 25.0 Å². The van der Waals surface area contributed by atoms with Gasteiger partial charge in [0.25, 0.3) is 0 Å². The lowest BCUT2D eigenvalue weighted by atomic mass is 10.0. The summed E-state index contributed by atoms with van der Waals surface area (Å²) >= 11 is 0. The highest BCUT2D eigenvalue weighted by Crippen LogP contribution is 2.07. The minimum absolute atomic E-state index is 0.162. The second-order valence-electron chi connectivity index (χ2n) is 3.79. The number of nitriles is 1. The van der Waals surface area contributed by atoms with Gasteiger partial charge in [-0.05, 0) is 27.9 Å². The van der Waals surface area contributed by atoms with Crippen LogP contribution in [-0.4, -0.2) is 37.6 Å². The lowest BCUT2D eigenvalue weighted by Crippen LogP contribution is -2.46. The molecule has 3 nitrogen and oxygen atoms in total. The van der Waals surface area contributed by atoms with Gasteiger partial charge in [-0.2, -0.15) is 5.26 Å². The third kappa shape index (κ3) is 4.32. The zero-order valence-electron chi connectivity index (χ0n) is 8.52. The van der Waals surface area contributed by atoms with Crippen LogP contribution in [0.4, 0.5) is 0 Å². The Balaban J connectivity index is 3.56. The monoisotopic (exact) mass is 169 g/mol. The molecule has 0 fully saturated rings. The fraction of sp³-hybridized carbons (Fsp3) is 0.889. The van der Waals surface area contributed by atoms with Gasteiger partial charge in [-0.1, -0.05) is 0 Å². The molecule has 0 bridgehead atoms. The Kier molecular flexibility index (Phi) is 4.87. The van der Waals surface area contributed by atoms with Crippen LogP contribution >= 0.6 is 0 Å². The Hall–Kier alpha value is -0.590. The Morgan fingerprint density at radius 1 is 1.42 bits per heavy atom. The highest BCUT2D eigenvalue weighted by atomic mass is 15.2. The van der Waals surface area contributed by atoms with Crippen LogP contribution in [-0.2, 0) is 0 Å². The molecule has 0 unspecified atom stereocenters. The first kappa shape index (κ1) is 11.4. The normalized spacial score (nSPS) is 11.7. The van der Waals surface area contributed by atoms with Gasteiger partial charge >= 0.3 is 0 Å². The molecule has 1 N–H and O–H groups in total. The summed E-state index contributed by atoms with van der Waals surface area (Å²) in [6.07, 6.45) is 0.587. The van der Waals surface area contributed by atoms with Crippen LogP contribution in [0.15, 0.2) is 0 Å². The maximum atomic E-state index is 8.30. The quantitative estimate of drug-likeness (QED) is 0.620. The summed E-state index contributed by atoms with van der Waals surface area (Å²) in [7, 11) is 4.12. The zero-order chi connectivity index (χ0) is 9.61. The van der Waals surface area contributed by atoms with Crippen LogP contribution in [0.5, 0.6) is 0 Å². The van der Waals surface area contributed by atoms with Crippen molar-refractivity contribution in [1.82, 2.24) is 10.2 Å². The van der Waals surface area contributed by atoms with E-state index in [2.05, 4.69) is 44.2 Å². The molecule has 0 radical (unpaired) electrons. The number of hydrogen-bond acceptors (Lipinski definition) is 3. The summed E-state index contributed by atoms with van der Waals surface area (Å²) in [6, 6.07) is 2.11. The molecule has 70 valence electrons. The lowest BCUT2D eigenvalue weighted by Gasteiger charge is -2.32. The number of hydrogen-bond donors (Lipinski definition) is 1.